The third kappa shape index (κ3) is 3.23. The summed E-state index contributed by atoms with van der Waals surface area (Å²) in [5.74, 6) is 1.11. The van der Waals surface area contributed by atoms with Gasteiger partial charge in [-0.15, -0.1) is 5.10 Å². The molecule has 0 saturated carbocycles. The highest BCUT2D eigenvalue weighted by atomic mass is 32.2. The van der Waals surface area contributed by atoms with Crippen LogP contribution in [0.3, 0.4) is 0 Å². The normalized spacial score (nSPS) is 16.0. The summed E-state index contributed by atoms with van der Waals surface area (Å²) in [6.07, 6.45) is 0. The number of nitrogen functional groups attached to an aromatic ring is 1. The number of fused-ring (bicyclic) bond motifs is 1. The van der Waals surface area contributed by atoms with Crippen molar-refractivity contribution in [3.8, 4) is 5.75 Å². The molecule has 132 valence electrons. The van der Waals surface area contributed by atoms with Crippen LogP contribution in [0.1, 0.15) is 11.6 Å². The molecule has 1 amide bonds. The van der Waals surface area contributed by atoms with Gasteiger partial charge in [-0.1, -0.05) is 54.2 Å². The molecule has 0 radical (unpaired) electrons. The van der Waals surface area contributed by atoms with E-state index < -0.39 is 0 Å². The molecule has 0 spiro atoms. The Morgan fingerprint density at radius 3 is 2.77 bits per heavy atom. The molecule has 2 aromatic carbocycles. The van der Waals surface area contributed by atoms with E-state index in [4.69, 9.17) is 10.5 Å². The molecule has 0 aliphatic carbocycles. The van der Waals surface area contributed by atoms with Crippen LogP contribution in [0.4, 0.5) is 11.6 Å². The number of carbonyl (C=O) groups excluding carboxylic acids is 1. The number of para-hydroxylation sites is 2. The summed E-state index contributed by atoms with van der Waals surface area (Å²) in [4.78, 5) is 18.9. The SMILES string of the molecule is Nc1nc(SCC(=O)N2c3ccccc3OCC2c2ccccc2)n[nH]1. The molecule has 3 N–H and O–H groups in total. The lowest BCUT2D eigenvalue weighted by Crippen LogP contribution is -2.42. The molecule has 1 aromatic heterocycles. The lowest BCUT2D eigenvalue weighted by Gasteiger charge is -2.37. The van der Waals surface area contributed by atoms with Crippen LogP contribution in [-0.2, 0) is 4.79 Å². The second-order valence-corrected chi connectivity index (χ2v) is 6.70. The number of aromatic amines is 1. The second kappa shape index (κ2) is 7.09. The van der Waals surface area contributed by atoms with Gasteiger partial charge in [0, 0.05) is 0 Å². The Morgan fingerprint density at radius 2 is 2.00 bits per heavy atom. The number of amides is 1. The maximum absolute atomic E-state index is 13.1. The van der Waals surface area contributed by atoms with E-state index in [1.54, 1.807) is 4.90 Å². The minimum absolute atomic E-state index is 0.0389. The van der Waals surface area contributed by atoms with E-state index in [1.807, 2.05) is 54.6 Å². The third-order valence-electron chi connectivity index (χ3n) is 4.09. The molecule has 26 heavy (non-hydrogen) atoms. The number of ether oxygens (including phenoxy) is 1. The highest BCUT2D eigenvalue weighted by Gasteiger charge is 2.33. The van der Waals surface area contributed by atoms with Crippen LogP contribution >= 0.6 is 11.8 Å². The number of nitrogens with one attached hydrogen (secondary N) is 1. The number of benzene rings is 2. The van der Waals surface area contributed by atoms with E-state index >= 15 is 0 Å². The second-order valence-electron chi connectivity index (χ2n) is 5.76. The number of aromatic nitrogens is 3. The van der Waals surface area contributed by atoms with Crippen molar-refractivity contribution < 1.29 is 9.53 Å². The number of carbonyl (C=O) groups is 1. The van der Waals surface area contributed by atoms with Crippen LogP contribution in [0.5, 0.6) is 5.75 Å². The predicted molar refractivity (Wildman–Crippen MR) is 100 cm³/mol. The zero-order chi connectivity index (χ0) is 17.9. The molecule has 8 heteroatoms. The van der Waals surface area contributed by atoms with E-state index in [9.17, 15) is 4.79 Å². The van der Waals surface area contributed by atoms with Crippen LogP contribution < -0.4 is 15.4 Å². The van der Waals surface area contributed by atoms with Gasteiger partial charge in [0.25, 0.3) is 0 Å². The van der Waals surface area contributed by atoms with Crippen LogP contribution in [0.25, 0.3) is 0 Å². The van der Waals surface area contributed by atoms with Crippen molar-refractivity contribution in [1.29, 1.82) is 0 Å². The molecule has 3 aromatic rings. The van der Waals surface area contributed by atoms with Gasteiger partial charge >= 0.3 is 0 Å². The first-order valence-corrected chi connectivity index (χ1v) is 9.10. The van der Waals surface area contributed by atoms with Gasteiger partial charge in [-0.25, -0.2) is 5.10 Å². The number of nitrogens with zero attached hydrogens (tertiary/aromatic N) is 3. The largest absolute Gasteiger partial charge is 0.489 e. The maximum atomic E-state index is 13.1. The first-order valence-electron chi connectivity index (χ1n) is 8.12. The maximum Gasteiger partial charge on any atom is 0.238 e. The van der Waals surface area contributed by atoms with Gasteiger partial charge < -0.3 is 10.5 Å². The molecule has 1 unspecified atom stereocenters. The van der Waals surface area contributed by atoms with Crippen molar-refractivity contribution in [1.82, 2.24) is 15.2 Å². The average Bonchev–Trinajstić information content (AvgIpc) is 3.11. The summed E-state index contributed by atoms with van der Waals surface area (Å²) in [7, 11) is 0. The van der Waals surface area contributed by atoms with Crippen LogP contribution in [0, 0.1) is 0 Å². The molecule has 7 nitrogen and oxygen atoms in total. The highest BCUT2D eigenvalue weighted by molar-refractivity contribution is 7.99. The fraction of sp³-hybridized carbons (Fsp3) is 0.167. The van der Waals surface area contributed by atoms with Crippen molar-refractivity contribution in [3.05, 3.63) is 60.2 Å². The van der Waals surface area contributed by atoms with Gasteiger partial charge in [-0.2, -0.15) is 4.98 Å². The lowest BCUT2D eigenvalue weighted by molar-refractivity contribution is -0.117. The topological polar surface area (TPSA) is 97.1 Å². The Hall–Kier alpha value is -3.00. The van der Waals surface area contributed by atoms with Gasteiger partial charge in [0.05, 0.1) is 17.5 Å². The van der Waals surface area contributed by atoms with Crippen LogP contribution in [-0.4, -0.2) is 33.4 Å². The van der Waals surface area contributed by atoms with Crippen molar-refractivity contribution in [2.75, 3.05) is 23.0 Å². The molecule has 0 fully saturated rings. The first kappa shape index (κ1) is 16.5. The van der Waals surface area contributed by atoms with Gasteiger partial charge in [-0.05, 0) is 17.7 Å². The number of thioether (sulfide) groups is 1. The van der Waals surface area contributed by atoms with Gasteiger partial charge in [0.15, 0.2) is 0 Å². The van der Waals surface area contributed by atoms with Crippen molar-refractivity contribution in [2.24, 2.45) is 0 Å². The summed E-state index contributed by atoms with van der Waals surface area (Å²) in [6.45, 7) is 0.408. The molecule has 1 aliphatic rings. The van der Waals surface area contributed by atoms with E-state index in [1.165, 1.54) is 11.8 Å². The Bertz CT molecular complexity index is 915. The number of anilines is 2. The number of hydrogen-bond donors (Lipinski definition) is 2. The zero-order valence-electron chi connectivity index (χ0n) is 13.8. The number of H-pyrrole nitrogens is 1. The Labute approximate surface area is 154 Å². The monoisotopic (exact) mass is 367 g/mol. The summed E-state index contributed by atoms with van der Waals surface area (Å²) in [6, 6.07) is 17.3. The van der Waals surface area contributed by atoms with Gasteiger partial charge in [-0.3, -0.25) is 9.69 Å². The predicted octanol–water partition coefficient (Wildman–Crippen LogP) is 2.65. The molecule has 4 rings (SSSR count). The summed E-state index contributed by atoms with van der Waals surface area (Å²) >= 11 is 1.25. The molecule has 0 bridgehead atoms. The fourth-order valence-electron chi connectivity index (χ4n) is 2.94. The highest BCUT2D eigenvalue weighted by Crippen LogP contribution is 2.39. The molecule has 1 atom stereocenters. The van der Waals surface area contributed by atoms with Gasteiger partial charge in [0.2, 0.25) is 17.0 Å². The standard InChI is InChI=1S/C18H17N5O2S/c19-17-20-18(22-21-17)26-11-16(24)23-13-8-4-5-9-15(13)25-10-14(23)12-6-2-1-3-7-12/h1-9,14H,10-11H2,(H3,19,20,21,22). The zero-order valence-corrected chi connectivity index (χ0v) is 14.6. The van der Waals surface area contributed by atoms with E-state index in [0.717, 1.165) is 11.3 Å². The quantitative estimate of drug-likeness (QED) is 0.688. The van der Waals surface area contributed by atoms with Crippen LogP contribution in [0.2, 0.25) is 0 Å². The molecule has 0 saturated heterocycles. The summed E-state index contributed by atoms with van der Waals surface area (Å²) in [5.41, 5.74) is 7.34. The lowest BCUT2D eigenvalue weighted by atomic mass is 10.0. The van der Waals surface area contributed by atoms with E-state index in [-0.39, 0.29) is 23.7 Å². The van der Waals surface area contributed by atoms with Gasteiger partial charge in [0.1, 0.15) is 12.4 Å². The van der Waals surface area contributed by atoms with Crippen molar-refractivity contribution in [2.45, 2.75) is 11.2 Å². The molecule has 1 aliphatic heterocycles. The minimum Gasteiger partial charge on any atom is -0.489 e. The fourth-order valence-corrected chi connectivity index (χ4v) is 3.60. The number of rotatable bonds is 4. The molecular formula is C18H17N5O2S. The Balaban J connectivity index is 1.62. The van der Waals surface area contributed by atoms with Crippen LogP contribution in [0.15, 0.2) is 59.8 Å². The first-order chi connectivity index (χ1) is 12.7. The third-order valence-corrected chi connectivity index (χ3v) is 4.93. The number of hydrogen-bond acceptors (Lipinski definition) is 6. The average molecular weight is 367 g/mol. The smallest absolute Gasteiger partial charge is 0.238 e. The summed E-state index contributed by atoms with van der Waals surface area (Å²) < 4.78 is 5.89. The Morgan fingerprint density at radius 1 is 1.23 bits per heavy atom. The molecular weight excluding hydrogens is 350 g/mol. The summed E-state index contributed by atoms with van der Waals surface area (Å²) in [5, 5.41) is 6.99. The number of nitrogens with two attached hydrogens (primary N) is 1. The molecule has 2 heterocycles. The Kier molecular flexibility index (Phi) is 4.49. The minimum atomic E-state index is -0.184. The van der Waals surface area contributed by atoms with E-state index in [0.29, 0.717) is 17.5 Å². The van der Waals surface area contributed by atoms with Crippen molar-refractivity contribution in [3.63, 3.8) is 0 Å². The van der Waals surface area contributed by atoms with Crippen molar-refractivity contribution >= 4 is 29.3 Å². The van der Waals surface area contributed by atoms with E-state index in [2.05, 4.69) is 15.2 Å².